The number of benzene rings is 2. The molecule has 5 nitrogen and oxygen atoms in total. The van der Waals surface area contributed by atoms with E-state index in [4.69, 9.17) is 0 Å². The lowest BCUT2D eigenvalue weighted by Gasteiger charge is -2.24. The molecule has 1 aromatic heterocycles. The third-order valence-corrected chi connectivity index (χ3v) is 7.06. The van der Waals surface area contributed by atoms with Crippen LogP contribution in [0.15, 0.2) is 71.8 Å². The van der Waals surface area contributed by atoms with E-state index in [1.54, 1.807) is 59.6 Å². The summed E-state index contributed by atoms with van der Waals surface area (Å²) in [5, 5.41) is 0. The highest BCUT2D eigenvalue weighted by atomic mass is 32.2. The number of H-pyrrole nitrogens is 1. The van der Waals surface area contributed by atoms with Gasteiger partial charge in [-0.2, -0.15) is 0 Å². The molecule has 1 aliphatic rings. The fourth-order valence-corrected chi connectivity index (χ4v) is 5.35. The molecular weight excluding hydrogens is 391 g/mol. The number of amides is 1. The van der Waals surface area contributed by atoms with Crippen molar-refractivity contribution in [1.29, 1.82) is 0 Å². The quantitative estimate of drug-likeness (QED) is 0.691. The first-order valence-electron chi connectivity index (χ1n) is 9.47. The van der Waals surface area contributed by atoms with Gasteiger partial charge >= 0.3 is 0 Å². The molecular formula is C22H21FN2O3S. The van der Waals surface area contributed by atoms with Crippen LogP contribution in [0.3, 0.4) is 0 Å². The molecule has 1 saturated heterocycles. The number of aromatic amines is 1. The molecule has 1 atom stereocenters. The largest absolute Gasteiger partial charge is 0.357 e. The Kier molecular flexibility index (Phi) is 5.24. The Labute approximate surface area is 169 Å². The highest BCUT2D eigenvalue weighted by Gasteiger charge is 2.34. The Morgan fingerprint density at radius 1 is 1.07 bits per heavy atom. The topological polar surface area (TPSA) is 70.2 Å². The maximum Gasteiger partial charge on any atom is 0.270 e. The van der Waals surface area contributed by atoms with Gasteiger partial charge in [0.15, 0.2) is 9.84 Å². The fraction of sp³-hybridized carbons (Fsp3) is 0.227. The molecule has 2 aromatic carbocycles. The molecule has 1 fully saturated rings. The zero-order valence-corrected chi connectivity index (χ0v) is 16.5. The summed E-state index contributed by atoms with van der Waals surface area (Å²) in [5.74, 6) is -0.627. The average Bonchev–Trinajstić information content (AvgIpc) is 3.38. The van der Waals surface area contributed by atoms with Crippen LogP contribution in [0.1, 0.15) is 23.3 Å². The van der Waals surface area contributed by atoms with Crippen LogP contribution in [0.5, 0.6) is 0 Å². The summed E-state index contributed by atoms with van der Waals surface area (Å²) in [6.07, 6.45) is 3.13. The molecule has 1 N–H and O–H groups in total. The van der Waals surface area contributed by atoms with Crippen molar-refractivity contribution in [3.63, 3.8) is 0 Å². The summed E-state index contributed by atoms with van der Waals surface area (Å²) in [6, 6.07) is 15.7. The predicted molar refractivity (Wildman–Crippen MR) is 109 cm³/mol. The number of nitrogens with one attached hydrogen (secondary N) is 1. The third-order valence-electron chi connectivity index (χ3n) is 5.24. The number of aromatic nitrogens is 1. The van der Waals surface area contributed by atoms with Gasteiger partial charge < -0.3 is 9.88 Å². The van der Waals surface area contributed by atoms with Crippen LogP contribution in [-0.4, -0.2) is 42.5 Å². The third kappa shape index (κ3) is 4.10. The van der Waals surface area contributed by atoms with E-state index >= 15 is 0 Å². The van der Waals surface area contributed by atoms with Gasteiger partial charge in [-0.15, -0.1) is 0 Å². The van der Waals surface area contributed by atoms with Crippen molar-refractivity contribution in [3.8, 4) is 11.1 Å². The van der Waals surface area contributed by atoms with Crippen molar-refractivity contribution in [1.82, 2.24) is 9.88 Å². The van der Waals surface area contributed by atoms with Crippen molar-refractivity contribution >= 4 is 15.7 Å². The van der Waals surface area contributed by atoms with Gasteiger partial charge in [0.2, 0.25) is 0 Å². The van der Waals surface area contributed by atoms with Crippen LogP contribution >= 0.6 is 0 Å². The molecule has 1 unspecified atom stereocenters. The van der Waals surface area contributed by atoms with Crippen molar-refractivity contribution in [3.05, 3.63) is 78.4 Å². The molecule has 1 aliphatic heterocycles. The first kappa shape index (κ1) is 19.4. The molecule has 4 rings (SSSR count). The SMILES string of the molecule is O=C(c1cc(-c2ccc(F)cc2)c[nH]1)N1CCCC1CS(=O)(=O)c1ccccc1. The highest BCUT2D eigenvalue weighted by molar-refractivity contribution is 7.91. The minimum atomic E-state index is -3.47. The smallest absolute Gasteiger partial charge is 0.270 e. The second-order valence-corrected chi connectivity index (χ2v) is 9.23. The van der Waals surface area contributed by atoms with Gasteiger partial charge in [-0.3, -0.25) is 4.79 Å². The minimum absolute atomic E-state index is 0.0890. The molecule has 7 heteroatoms. The number of sulfone groups is 1. The number of hydrogen-bond acceptors (Lipinski definition) is 3. The van der Waals surface area contributed by atoms with E-state index in [2.05, 4.69) is 4.98 Å². The van der Waals surface area contributed by atoms with Gasteiger partial charge in [0, 0.05) is 18.8 Å². The summed E-state index contributed by atoms with van der Waals surface area (Å²) in [5.41, 5.74) is 1.97. The van der Waals surface area contributed by atoms with Crippen molar-refractivity contribution < 1.29 is 17.6 Å². The first-order valence-corrected chi connectivity index (χ1v) is 11.1. The second-order valence-electron chi connectivity index (χ2n) is 7.20. The predicted octanol–water partition coefficient (Wildman–Crippen LogP) is 3.90. The zero-order valence-electron chi connectivity index (χ0n) is 15.7. The normalized spacial score (nSPS) is 16.9. The number of hydrogen-bond donors (Lipinski definition) is 1. The van der Waals surface area contributed by atoms with Gasteiger partial charge in [0.1, 0.15) is 11.5 Å². The molecule has 1 amide bonds. The van der Waals surface area contributed by atoms with Crippen LogP contribution < -0.4 is 0 Å². The number of nitrogens with zero attached hydrogens (tertiary/aromatic N) is 1. The van der Waals surface area contributed by atoms with Crippen LogP contribution in [0, 0.1) is 5.82 Å². The summed E-state index contributed by atoms with van der Waals surface area (Å²) < 4.78 is 38.6. The Morgan fingerprint density at radius 3 is 2.52 bits per heavy atom. The van der Waals surface area contributed by atoms with Crippen molar-refractivity contribution in [2.24, 2.45) is 0 Å². The van der Waals surface area contributed by atoms with E-state index in [0.717, 1.165) is 17.5 Å². The molecule has 0 spiro atoms. The maximum atomic E-state index is 13.1. The van der Waals surface area contributed by atoms with Gasteiger partial charge in [-0.1, -0.05) is 30.3 Å². The highest BCUT2D eigenvalue weighted by Crippen LogP contribution is 2.26. The van der Waals surface area contributed by atoms with E-state index in [1.807, 2.05) is 0 Å². The Bertz CT molecular complexity index is 1110. The first-order chi connectivity index (χ1) is 13.9. The number of rotatable bonds is 5. The summed E-state index contributed by atoms with van der Waals surface area (Å²) >= 11 is 0. The van der Waals surface area contributed by atoms with E-state index in [-0.39, 0.29) is 28.4 Å². The summed E-state index contributed by atoms with van der Waals surface area (Å²) in [6.45, 7) is 0.526. The van der Waals surface area contributed by atoms with Crippen LogP contribution in [0.4, 0.5) is 4.39 Å². The molecule has 3 aromatic rings. The second kappa shape index (κ2) is 7.83. The monoisotopic (exact) mass is 412 g/mol. The van der Waals surface area contributed by atoms with Crippen LogP contribution in [0.25, 0.3) is 11.1 Å². The van der Waals surface area contributed by atoms with Gasteiger partial charge in [0.25, 0.3) is 5.91 Å². The van der Waals surface area contributed by atoms with Gasteiger partial charge in [-0.25, -0.2) is 12.8 Å². The molecule has 150 valence electrons. The van der Waals surface area contributed by atoms with E-state index in [1.165, 1.54) is 12.1 Å². The summed E-state index contributed by atoms with van der Waals surface area (Å²) in [4.78, 5) is 17.9. The van der Waals surface area contributed by atoms with Crippen molar-refractivity contribution in [2.45, 2.75) is 23.8 Å². The van der Waals surface area contributed by atoms with Crippen LogP contribution in [0.2, 0.25) is 0 Å². The van der Waals surface area contributed by atoms with Crippen molar-refractivity contribution in [2.75, 3.05) is 12.3 Å². The Hall–Kier alpha value is -2.93. The number of halogens is 1. The lowest BCUT2D eigenvalue weighted by molar-refractivity contribution is 0.0744. The lowest BCUT2D eigenvalue weighted by Crippen LogP contribution is -2.39. The maximum absolute atomic E-state index is 13.1. The average molecular weight is 412 g/mol. The molecule has 2 heterocycles. The summed E-state index contributed by atoms with van der Waals surface area (Å²) in [7, 11) is -3.47. The lowest BCUT2D eigenvalue weighted by atomic mass is 10.1. The Balaban J connectivity index is 1.52. The van der Waals surface area contributed by atoms with E-state index in [0.29, 0.717) is 18.7 Å². The van der Waals surface area contributed by atoms with Gasteiger partial charge in [-0.05, 0) is 54.3 Å². The molecule has 0 radical (unpaired) electrons. The number of carbonyl (C=O) groups is 1. The fourth-order valence-electron chi connectivity index (χ4n) is 3.74. The molecule has 0 aliphatic carbocycles. The van der Waals surface area contributed by atoms with Crippen LogP contribution in [-0.2, 0) is 9.84 Å². The molecule has 0 saturated carbocycles. The minimum Gasteiger partial charge on any atom is -0.357 e. The van der Waals surface area contributed by atoms with E-state index in [9.17, 15) is 17.6 Å². The standard InChI is InChI=1S/C22H21FN2O3S/c23-18-10-8-16(9-11-18)17-13-21(24-14-17)22(26)25-12-4-5-19(25)15-29(27,28)20-6-2-1-3-7-20/h1-3,6-11,13-14,19,24H,4-5,12,15H2. The zero-order chi connectivity index (χ0) is 20.4. The Morgan fingerprint density at radius 2 is 1.79 bits per heavy atom. The molecule has 0 bridgehead atoms. The molecule has 29 heavy (non-hydrogen) atoms. The van der Waals surface area contributed by atoms with Gasteiger partial charge in [0.05, 0.1) is 10.6 Å². The number of carbonyl (C=O) groups excluding carboxylic acids is 1. The number of likely N-dealkylation sites (tertiary alicyclic amines) is 1. The van der Waals surface area contributed by atoms with E-state index < -0.39 is 9.84 Å².